The van der Waals surface area contributed by atoms with E-state index in [-0.39, 0.29) is 25.2 Å². The second-order valence-corrected chi connectivity index (χ2v) is 14.9. The van der Waals surface area contributed by atoms with Crippen LogP contribution in [0.2, 0.25) is 0 Å². The van der Waals surface area contributed by atoms with Gasteiger partial charge in [0.1, 0.15) is 23.6 Å². The minimum atomic E-state index is -1.97. The van der Waals surface area contributed by atoms with E-state index in [1.165, 1.54) is 32.8 Å². The topological polar surface area (TPSA) is 205 Å². The van der Waals surface area contributed by atoms with E-state index < -0.39 is 95.8 Å². The van der Waals surface area contributed by atoms with E-state index in [1.54, 1.807) is 65.9 Å². The molecule has 2 saturated heterocycles. The Hall–Kier alpha value is -2.72. The minimum Gasteiger partial charge on any atom is -0.497 e. The van der Waals surface area contributed by atoms with Gasteiger partial charge in [-0.2, -0.15) is 4.91 Å². The van der Waals surface area contributed by atoms with Crippen LogP contribution in [0.5, 0.6) is 5.75 Å². The van der Waals surface area contributed by atoms with Gasteiger partial charge in [-0.3, -0.25) is 9.59 Å². The van der Waals surface area contributed by atoms with E-state index in [4.69, 9.17) is 18.9 Å². The Labute approximate surface area is 295 Å². The molecular weight excluding hydrogens is 652 g/mol. The number of nitroso groups, excluding NO2 is 1. The molecule has 5 N–H and O–H groups in total. The molecule has 2 unspecified atom stereocenters. The lowest BCUT2D eigenvalue weighted by Crippen LogP contribution is -2.61. The number of hydrogen-bond donors (Lipinski definition) is 5. The van der Waals surface area contributed by atoms with E-state index in [1.807, 2.05) is 0 Å². The maximum absolute atomic E-state index is 13.5. The summed E-state index contributed by atoms with van der Waals surface area (Å²) < 4.78 is 23.3. The van der Waals surface area contributed by atoms with Gasteiger partial charge in [0.15, 0.2) is 6.29 Å². The summed E-state index contributed by atoms with van der Waals surface area (Å²) in [5.74, 6) is -4.39. The number of nitrogens with zero attached hydrogens (tertiary/aromatic N) is 2. The summed E-state index contributed by atoms with van der Waals surface area (Å²) in [6.45, 7) is 12.5. The summed E-state index contributed by atoms with van der Waals surface area (Å²) in [6.07, 6.45) is -8.49. The number of aliphatic hydroxyl groups is 5. The number of ether oxygens (including phenoxy) is 4. The summed E-state index contributed by atoms with van der Waals surface area (Å²) in [6, 6.07) is 4.69. The fourth-order valence-corrected chi connectivity index (χ4v) is 7.75. The smallest absolute Gasteiger partial charge is 0.311 e. The van der Waals surface area contributed by atoms with Crippen LogP contribution in [0.15, 0.2) is 29.4 Å². The van der Waals surface area contributed by atoms with Crippen LogP contribution in [0, 0.1) is 28.6 Å². The van der Waals surface area contributed by atoms with Crippen LogP contribution < -0.4 is 4.74 Å². The fourth-order valence-electron chi connectivity index (χ4n) is 7.75. The van der Waals surface area contributed by atoms with E-state index in [0.29, 0.717) is 11.3 Å². The van der Waals surface area contributed by atoms with Crippen molar-refractivity contribution in [3.63, 3.8) is 0 Å². The first kappa shape index (κ1) is 41.7. The average molecular weight is 711 g/mol. The molecule has 1 aromatic rings. The van der Waals surface area contributed by atoms with Gasteiger partial charge >= 0.3 is 5.97 Å². The van der Waals surface area contributed by atoms with Gasteiger partial charge in [-0.1, -0.05) is 32.9 Å². The maximum atomic E-state index is 13.5. The van der Waals surface area contributed by atoms with Crippen molar-refractivity contribution in [2.75, 3.05) is 14.2 Å². The monoisotopic (exact) mass is 710 g/mol. The highest BCUT2D eigenvalue weighted by Gasteiger charge is 2.52. The molecule has 3 rings (SSSR count). The minimum absolute atomic E-state index is 0.127. The molecule has 14 heteroatoms. The third kappa shape index (κ3) is 8.83. The second-order valence-electron chi connectivity index (χ2n) is 14.9. The summed E-state index contributed by atoms with van der Waals surface area (Å²) in [4.78, 5) is 40.5. The lowest BCUT2D eigenvalue weighted by Gasteiger charge is -2.47. The number of likely N-dealkylation sites (N-methyl/N-ethyl adjacent to an activating group) is 1. The molecule has 0 radical (unpaired) electrons. The normalized spacial score (nSPS) is 42.1. The van der Waals surface area contributed by atoms with Gasteiger partial charge in [0.05, 0.1) is 55.1 Å². The van der Waals surface area contributed by atoms with Crippen molar-refractivity contribution in [1.82, 2.24) is 4.90 Å². The second kappa shape index (κ2) is 16.7. The van der Waals surface area contributed by atoms with Gasteiger partial charge in [0, 0.05) is 24.4 Å². The molecule has 2 aliphatic heterocycles. The zero-order chi connectivity index (χ0) is 37.9. The quantitative estimate of drug-likeness (QED) is 0.205. The van der Waals surface area contributed by atoms with Crippen LogP contribution >= 0.6 is 0 Å². The first-order valence-corrected chi connectivity index (χ1v) is 17.5. The Kier molecular flexibility index (Phi) is 14.0. The number of rotatable bonds is 7. The third-order valence-corrected chi connectivity index (χ3v) is 10.9. The zero-order valence-electron chi connectivity index (χ0n) is 30.9. The number of benzene rings is 1. The van der Waals surface area contributed by atoms with E-state index >= 15 is 0 Å². The lowest BCUT2D eigenvalue weighted by atomic mass is 9.72. The van der Waals surface area contributed by atoms with Crippen LogP contribution in [-0.2, 0) is 19.0 Å². The Balaban J connectivity index is 2.01. The van der Waals surface area contributed by atoms with E-state index in [2.05, 4.69) is 5.18 Å². The number of esters is 1. The molecule has 2 heterocycles. The number of methoxy groups -OCH3 is 1. The molecule has 1 aromatic carbocycles. The van der Waals surface area contributed by atoms with Crippen LogP contribution in [0.4, 0.5) is 0 Å². The Morgan fingerprint density at radius 1 is 1.02 bits per heavy atom. The van der Waals surface area contributed by atoms with Gasteiger partial charge in [0.25, 0.3) is 5.91 Å². The summed E-state index contributed by atoms with van der Waals surface area (Å²) in [7, 11) is 3.09. The molecule has 0 spiro atoms. The molecule has 0 aromatic heterocycles. The van der Waals surface area contributed by atoms with Crippen molar-refractivity contribution in [3.8, 4) is 5.75 Å². The van der Waals surface area contributed by atoms with Crippen molar-refractivity contribution < 1.29 is 54.1 Å². The highest BCUT2D eigenvalue weighted by Crippen LogP contribution is 2.39. The molecule has 284 valence electrons. The molecule has 1 amide bonds. The third-order valence-electron chi connectivity index (χ3n) is 10.9. The molecule has 0 aliphatic carbocycles. The number of aliphatic hydroxyl groups excluding tert-OH is 3. The van der Waals surface area contributed by atoms with Crippen LogP contribution in [0.25, 0.3) is 0 Å². The van der Waals surface area contributed by atoms with E-state index in [9.17, 15) is 40.0 Å². The van der Waals surface area contributed by atoms with Crippen LogP contribution in [0.3, 0.4) is 0 Å². The van der Waals surface area contributed by atoms with Crippen molar-refractivity contribution in [2.24, 2.45) is 28.8 Å². The first-order chi connectivity index (χ1) is 23.2. The lowest BCUT2D eigenvalue weighted by molar-refractivity contribution is -0.298. The number of amides is 1. The SMILES string of the molecule is CC[C@H]1OC(=O)[C@H](C)[C@@H](O)[C@H](C)[C@@H](O[C@@H]2O[C@H](C)C[C@H](N(C)C(=O)c3ccc(OC)cc3)[C@H]2O)C(C)(O)C[C@@H](C)C(N=O)[C@H](C)[C@@H](O)[C@]1(C)O. The maximum Gasteiger partial charge on any atom is 0.311 e. The Morgan fingerprint density at radius 3 is 2.16 bits per heavy atom. The number of cyclic esters (lactones) is 1. The molecule has 2 fully saturated rings. The highest BCUT2D eigenvalue weighted by atomic mass is 16.7. The van der Waals surface area contributed by atoms with Crippen molar-refractivity contribution in [3.05, 3.63) is 34.7 Å². The van der Waals surface area contributed by atoms with Crippen LogP contribution in [0.1, 0.15) is 85.0 Å². The van der Waals surface area contributed by atoms with E-state index in [0.717, 1.165) is 0 Å². The van der Waals surface area contributed by atoms with Crippen LogP contribution in [-0.4, -0.2) is 123 Å². The number of carbonyl (C=O) groups excluding carboxylic acids is 2. The van der Waals surface area contributed by atoms with Gasteiger partial charge in [-0.25, -0.2) is 0 Å². The largest absolute Gasteiger partial charge is 0.497 e. The number of hydrogen-bond acceptors (Lipinski definition) is 13. The Morgan fingerprint density at radius 2 is 1.62 bits per heavy atom. The molecular formula is C36H58N2O12. The standard InChI is InChI=1S/C36H58N2O12/c1-11-26-36(8,45)30(41)20(4)27(37-46)18(2)17-35(7,44)31(21(5)28(39)22(6)33(43)49-26)50-34-29(40)25(16-19(3)48-34)38(9)32(42)23-12-14-24(47-10)15-13-23/h12-15,18-22,25-31,34,39-41,44-45H,11,16-17H2,1-10H3/t18-,19-,20+,21+,22-,25+,26-,27?,28+,29-,30-,31-,34+,35?,36-/m1/s1. The molecule has 0 saturated carbocycles. The molecule has 15 atom stereocenters. The number of carbonyl (C=O) groups is 2. The fraction of sp³-hybridized carbons (Fsp3) is 0.778. The summed E-state index contributed by atoms with van der Waals surface area (Å²) in [5, 5.41) is 61.3. The summed E-state index contributed by atoms with van der Waals surface area (Å²) in [5.41, 5.74) is -3.42. The van der Waals surface area contributed by atoms with Gasteiger partial charge in [0.2, 0.25) is 0 Å². The average Bonchev–Trinajstić information content (AvgIpc) is 3.07. The Bertz CT molecular complexity index is 1290. The van der Waals surface area contributed by atoms with Gasteiger partial charge in [-0.15, -0.1) is 0 Å². The summed E-state index contributed by atoms with van der Waals surface area (Å²) >= 11 is 0. The van der Waals surface area contributed by atoms with Gasteiger partial charge in [-0.05, 0) is 77.1 Å². The molecule has 50 heavy (non-hydrogen) atoms. The predicted octanol–water partition coefficient (Wildman–Crippen LogP) is 2.65. The van der Waals surface area contributed by atoms with Gasteiger partial charge < -0.3 is 49.4 Å². The first-order valence-electron chi connectivity index (χ1n) is 17.5. The van der Waals surface area contributed by atoms with Crippen molar-refractivity contribution in [2.45, 2.75) is 141 Å². The highest BCUT2D eigenvalue weighted by molar-refractivity contribution is 5.94. The molecule has 0 bridgehead atoms. The molecule has 14 nitrogen and oxygen atoms in total. The van der Waals surface area contributed by atoms with Crippen molar-refractivity contribution >= 4 is 11.9 Å². The predicted molar refractivity (Wildman–Crippen MR) is 183 cm³/mol. The molecule has 2 aliphatic rings. The van der Waals surface area contributed by atoms with Crippen molar-refractivity contribution in [1.29, 1.82) is 0 Å². The zero-order valence-corrected chi connectivity index (χ0v) is 30.9.